The van der Waals surface area contributed by atoms with Crippen molar-refractivity contribution in [2.45, 2.75) is 20.8 Å². The lowest BCUT2D eigenvalue weighted by Gasteiger charge is -2.01. The van der Waals surface area contributed by atoms with E-state index in [4.69, 9.17) is 0 Å². The van der Waals surface area contributed by atoms with Crippen LogP contribution >= 0.6 is 0 Å². The number of carbonyl (C=O) groups is 1. The fourth-order valence-corrected chi connectivity index (χ4v) is 1.23. The quantitative estimate of drug-likeness (QED) is 0.760. The van der Waals surface area contributed by atoms with Crippen LogP contribution in [-0.4, -0.2) is 5.91 Å². The maximum Gasteiger partial charge on any atom is 0.220 e. The summed E-state index contributed by atoms with van der Waals surface area (Å²) in [6.45, 7) is 5.43. The topological polar surface area (TPSA) is 29.1 Å². The molecule has 1 aromatic rings. The molecule has 0 radical (unpaired) electrons. The van der Waals surface area contributed by atoms with Gasteiger partial charge in [0, 0.05) is 12.6 Å². The van der Waals surface area contributed by atoms with Crippen LogP contribution in [0.5, 0.6) is 0 Å². The van der Waals surface area contributed by atoms with Gasteiger partial charge in [-0.05, 0) is 25.5 Å². The molecule has 0 unspecified atom stereocenters. The van der Waals surface area contributed by atoms with Crippen molar-refractivity contribution >= 4 is 12.0 Å². The molecule has 1 aromatic carbocycles. The number of allylic oxidation sites excluding steroid dienone is 1. The Morgan fingerprint density at radius 3 is 2.29 bits per heavy atom. The van der Waals surface area contributed by atoms with Crippen LogP contribution in [0.25, 0.3) is 6.08 Å². The van der Waals surface area contributed by atoms with Crippen LogP contribution in [0, 0.1) is 6.92 Å². The lowest BCUT2D eigenvalue weighted by Crippen LogP contribution is -2.16. The van der Waals surface area contributed by atoms with E-state index >= 15 is 0 Å². The largest absolute Gasteiger partial charge is 0.330 e. The Morgan fingerprint density at radius 2 is 1.79 bits per heavy atom. The molecular weight excluding hydrogens is 174 g/mol. The summed E-state index contributed by atoms with van der Waals surface area (Å²) >= 11 is 0. The first-order chi connectivity index (χ1) is 6.58. The molecule has 74 valence electrons. The van der Waals surface area contributed by atoms with Crippen molar-refractivity contribution in [1.82, 2.24) is 5.32 Å². The molecule has 0 aromatic heterocycles. The second-order valence-electron chi connectivity index (χ2n) is 3.42. The first kappa shape index (κ1) is 10.5. The van der Waals surface area contributed by atoms with Crippen molar-refractivity contribution in [2.24, 2.45) is 0 Å². The molecule has 0 heterocycles. The Kier molecular flexibility index (Phi) is 3.46. The van der Waals surface area contributed by atoms with Gasteiger partial charge in [0.15, 0.2) is 0 Å². The average Bonchev–Trinajstić information content (AvgIpc) is 2.07. The predicted octanol–water partition coefficient (Wildman–Crippen LogP) is 2.49. The van der Waals surface area contributed by atoms with Crippen LogP contribution in [0.1, 0.15) is 25.0 Å². The van der Waals surface area contributed by atoms with E-state index in [2.05, 4.69) is 5.32 Å². The summed E-state index contributed by atoms with van der Waals surface area (Å²) < 4.78 is 0. The van der Waals surface area contributed by atoms with Crippen molar-refractivity contribution in [1.29, 1.82) is 0 Å². The molecule has 0 atom stereocenters. The molecule has 0 fully saturated rings. The minimum Gasteiger partial charge on any atom is -0.330 e. The van der Waals surface area contributed by atoms with Crippen LogP contribution < -0.4 is 5.32 Å². The molecule has 0 aliphatic rings. The number of amides is 1. The van der Waals surface area contributed by atoms with Gasteiger partial charge in [-0.3, -0.25) is 4.79 Å². The molecule has 2 nitrogen and oxygen atoms in total. The maximum atomic E-state index is 10.7. The zero-order chi connectivity index (χ0) is 10.6. The second kappa shape index (κ2) is 4.61. The summed E-state index contributed by atoms with van der Waals surface area (Å²) in [4.78, 5) is 10.7. The summed E-state index contributed by atoms with van der Waals surface area (Å²) in [5, 5.41) is 2.73. The predicted molar refractivity (Wildman–Crippen MR) is 58.6 cm³/mol. The Bertz CT molecular complexity index is 349. The fourth-order valence-electron chi connectivity index (χ4n) is 1.23. The molecule has 0 bridgehead atoms. The van der Waals surface area contributed by atoms with Crippen LogP contribution in [-0.2, 0) is 4.79 Å². The molecular formula is C12H15NO. The zero-order valence-corrected chi connectivity index (χ0v) is 8.79. The molecule has 0 saturated heterocycles. The first-order valence-electron chi connectivity index (χ1n) is 4.60. The number of benzene rings is 1. The van der Waals surface area contributed by atoms with E-state index in [0.29, 0.717) is 0 Å². The van der Waals surface area contributed by atoms with Crippen molar-refractivity contribution in [3.05, 3.63) is 41.1 Å². The van der Waals surface area contributed by atoms with Gasteiger partial charge in [-0.15, -0.1) is 0 Å². The molecule has 2 heteroatoms. The van der Waals surface area contributed by atoms with Gasteiger partial charge in [0.1, 0.15) is 0 Å². The lowest BCUT2D eigenvalue weighted by atomic mass is 10.1. The third kappa shape index (κ3) is 3.44. The maximum absolute atomic E-state index is 10.7. The Labute approximate surface area is 84.6 Å². The number of carbonyl (C=O) groups excluding carboxylic acids is 1. The molecule has 0 aliphatic carbocycles. The SMILES string of the molecule is CC(=O)N/C(C)=C/c1ccc(C)cc1. The number of nitrogens with one attached hydrogen (secondary N) is 1. The monoisotopic (exact) mass is 189 g/mol. The van der Waals surface area contributed by atoms with E-state index in [9.17, 15) is 4.79 Å². The Balaban J connectivity index is 2.76. The first-order valence-corrected chi connectivity index (χ1v) is 4.60. The highest BCUT2D eigenvalue weighted by atomic mass is 16.1. The van der Waals surface area contributed by atoms with E-state index in [1.54, 1.807) is 0 Å². The normalized spacial score (nSPS) is 11.2. The van der Waals surface area contributed by atoms with Crippen LogP contribution in [0.2, 0.25) is 0 Å². The smallest absolute Gasteiger partial charge is 0.220 e. The minimum atomic E-state index is -0.0362. The van der Waals surface area contributed by atoms with Crippen molar-refractivity contribution in [3.8, 4) is 0 Å². The van der Waals surface area contributed by atoms with Gasteiger partial charge in [0.2, 0.25) is 5.91 Å². The van der Waals surface area contributed by atoms with Gasteiger partial charge in [0.05, 0.1) is 0 Å². The summed E-state index contributed by atoms with van der Waals surface area (Å²) in [6.07, 6.45) is 1.95. The van der Waals surface area contributed by atoms with Crippen molar-refractivity contribution < 1.29 is 4.79 Å². The highest BCUT2D eigenvalue weighted by Crippen LogP contribution is 2.06. The standard InChI is InChI=1S/C12H15NO/c1-9-4-6-12(7-5-9)8-10(2)13-11(3)14/h4-8H,1-3H3,(H,13,14)/b10-8+. The summed E-state index contributed by atoms with van der Waals surface area (Å²) in [6, 6.07) is 8.15. The molecule has 14 heavy (non-hydrogen) atoms. The number of hydrogen-bond acceptors (Lipinski definition) is 1. The van der Waals surface area contributed by atoms with Crippen LogP contribution in [0.4, 0.5) is 0 Å². The molecule has 0 aliphatic heterocycles. The lowest BCUT2D eigenvalue weighted by molar-refractivity contribution is -0.118. The molecule has 1 amide bonds. The average molecular weight is 189 g/mol. The number of aryl methyl sites for hydroxylation is 1. The zero-order valence-electron chi connectivity index (χ0n) is 8.79. The Morgan fingerprint density at radius 1 is 1.21 bits per heavy atom. The van der Waals surface area contributed by atoms with Gasteiger partial charge in [-0.1, -0.05) is 29.8 Å². The van der Waals surface area contributed by atoms with Gasteiger partial charge < -0.3 is 5.32 Å². The summed E-state index contributed by atoms with van der Waals surface area (Å²) in [7, 11) is 0. The van der Waals surface area contributed by atoms with Crippen LogP contribution in [0.3, 0.4) is 0 Å². The van der Waals surface area contributed by atoms with E-state index in [-0.39, 0.29) is 5.91 Å². The van der Waals surface area contributed by atoms with Crippen LogP contribution in [0.15, 0.2) is 30.0 Å². The summed E-state index contributed by atoms with van der Waals surface area (Å²) in [5.41, 5.74) is 3.20. The Hall–Kier alpha value is -1.57. The molecule has 1 N–H and O–H groups in total. The van der Waals surface area contributed by atoms with E-state index in [0.717, 1.165) is 11.3 Å². The van der Waals surface area contributed by atoms with Gasteiger partial charge in [0.25, 0.3) is 0 Å². The van der Waals surface area contributed by atoms with E-state index < -0.39 is 0 Å². The molecule has 1 rings (SSSR count). The van der Waals surface area contributed by atoms with E-state index in [1.807, 2.05) is 44.2 Å². The van der Waals surface area contributed by atoms with Gasteiger partial charge in [-0.25, -0.2) is 0 Å². The van der Waals surface area contributed by atoms with Gasteiger partial charge in [-0.2, -0.15) is 0 Å². The summed E-state index contributed by atoms with van der Waals surface area (Å²) in [5.74, 6) is -0.0362. The number of rotatable bonds is 2. The molecule has 0 saturated carbocycles. The third-order valence-corrected chi connectivity index (χ3v) is 1.83. The second-order valence-corrected chi connectivity index (χ2v) is 3.42. The van der Waals surface area contributed by atoms with Crippen molar-refractivity contribution in [2.75, 3.05) is 0 Å². The highest BCUT2D eigenvalue weighted by Gasteiger charge is 1.93. The fraction of sp³-hybridized carbons (Fsp3) is 0.250. The van der Waals surface area contributed by atoms with Crippen molar-refractivity contribution in [3.63, 3.8) is 0 Å². The minimum absolute atomic E-state index is 0.0362. The molecule has 0 spiro atoms. The van der Waals surface area contributed by atoms with Gasteiger partial charge >= 0.3 is 0 Å². The highest BCUT2D eigenvalue weighted by molar-refractivity contribution is 5.76. The number of hydrogen-bond donors (Lipinski definition) is 1. The van der Waals surface area contributed by atoms with E-state index in [1.165, 1.54) is 12.5 Å². The third-order valence-electron chi connectivity index (χ3n) is 1.83.